The first-order valence-corrected chi connectivity index (χ1v) is 5.23. The van der Waals surface area contributed by atoms with Gasteiger partial charge in [0.05, 0.1) is 19.3 Å². The summed E-state index contributed by atoms with van der Waals surface area (Å²) in [7, 11) is 0. The molecule has 2 aliphatic rings. The third-order valence-corrected chi connectivity index (χ3v) is 3.14. The van der Waals surface area contributed by atoms with Crippen molar-refractivity contribution in [3.8, 4) is 0 Å². The van der Waals surface area contributed by atoms with Gasteiger partial charge < -0.3 is 15.0 Å². The lowest BCUT2D eigenvalue weighted by atomic mass is 9.86. The molecular weight excluding hydrogens is 180 g/mol. The van der Waals surface area contributed by atoms with Gasteiger partial charge >= 0.3 is 6.03 Å². The summed E-state index contributed by atoms with van der Waals surface area (Å²) in [6.45, 7) is 7.42. The molecule has 2 saturated heterocycles. The summed E-state index contributed by atoms with van der Waals surface area (Å²) in [4.78, 5) is 13.6. The highest BCUT2D eigenvalue weighted by molar-refractivity contribution is 5.75. The van der Waals surface area contributed by atoms with E-state index in [9.17, 15) is 4.79 Å². The molecule has 0 aromatic heterocycles. The lowest BCUT2D eigenvalue weighted by Crippen LogP contribution is -2.55. The third kappa shape index (κ3) is 1.59. The number of hydrogen-bond acceptors (Lipinski definition) is 2. The fraction of sp³-hybridized carbons (Fsp3) is 0.900. The third-order valence-electron chi connectivity index (χ3n) is 3.14. The number of urea groups is 1. The van der Waals surface area contributed by atoms with Crippen LogP contribution in [0.2, 0.25) is 0 Å². The molecule has 2 heterocycles. The molecule has 4 heteroatoms. The normalized spacial score (nSPS) is 31.7. The SMILES string of the molecule is CC1(C)COCC1N1CCCNC1=O. The Balaban J connectivity index is 2.09. The van der Waals surface area contributed by atoms with E-state index >= 15 is 0 Å². The second-order valence-corrected chi connectivity index (χ2v) is 4.80. The molecule has 1 unspecified atom stereocenters. The summed E-state index contributed by atoms with van der Waals surface area (Å²) in [6.07, 6.45) is 1.04. The maximum absolute atomic E-state index is 11.6. The molecule has 0 aromatic rings. The van der Waals surface area contributed by atoms with Gasteiger partial charge in [-0.25, -0.2) is 4.79 Å². The van der Waals surface area contributed by atoms with E-state index in [0.29, 0.717) is 6.61 Å². The minimum absolute atomic E-state index is 0.0693. The summed E-state index contributed by atoms with van der Waals surface area (Å²) in [5, 5.41) is 2.88. The molecule has 0 bridgehead atoms. The number of nitrogens with zero attached hydrogens (tertiary/aromatic N) is 1. The Morgan fingerprint density at radius 2 is 2.36 bits per heavy atom. The maximum Gasteiger partial charge on any atom is 0.317 e. The van der Waals surface area contributed by atoms with Crippen molar-refractivity contribution in [2.75, 3.05) is 26.3 Å². The van der Waals surface area contributed by atoms with Crippen LogP contribution in [0, 0.1) is 5.41 Å². The van der Waals surface area contributed by atoms with Crippen LogP contribution < -0.4 is 5.32 Å². The van der Waals surface area contributed by atoms with Gasteiger partial charge in [-0.05, 0) is 6.42 Å². The Kier molecular flexibility index (Phi) is 2.39. The van der Waals surface area contributed by atoms with Gasteiger partial charge in [0.2, 0.25) is 0 Å². The van der Waals surface area contributed by atoms with E-state index in [1.807, 2.05) is 4.90 Å². The summed E-state index contributed by atoms with van der Waals surface area (Å²) in [5.74, 6) is 0. The lowest BCUT2D eigenvalue weighted by Gasteiger charge is -2.38. The average molecular weight is 198 g/mol. The van der Waals surface area contributed by atoms with E-state index in [-0.39, 0.29) is 17.5 Å². The Morgan fingerprint density at radius 1 is 1.57 bits per heavy atom. The number of nitrogens with one attached hydrogen (secondary N) is 1. The van der Waals surface area contributed by atoms with Crippen molar-refractivity contribution in [1.29, 1.82) is 0 Å². The van der Waals surface area contributed by atoms with Gasteiger partial charge in [0.15, 0.2) is 0 Å². The molecule has 0 saturated carbocycles. The molecule has 0 aromatic carbocycles. The predicted molar refractivity (Wildman–Crippen MR) is 53.1 cm³/mol. The van der Waals surface area contributed by atoms with Gasteiger partial charge in [-0.3, -0.25) is 0 Å². The van der Waals surface area contributed by atoms with Crippen LogP contribution in [0.15, 0.2) is 0 Å². The van der Waals surface area contributed by atoms with E-state index in [4.69, 9.17) is 4.74 Å². The molecule has 2 amide bonds. The zero-order valence-electron chi connectivity index (χ0n) is 8.88. The molecule has 0 spiro atoms. The van der Waals surface area contributed by atoms with Crippen LogP contribution in [0.25, 0.3) is 0 Å². The first kappa shape index (κ1) is 9.77. The van der Waals surface area contributed by atoms with Crippen molar-refractivity contribution in [2.45, 2.75) is 26.3 Å². The second kappa shape index (κ2) is 3.42. The molecular formula is C10H18N2O2. The van der Waals surface area contributed by atoms with Crippen molar-refractivity contribution < 1.29 is 9.53 Å². The van der Waals surface area contributed by atoms with Crippen LogP contribution in [0.1, 0.15) is 20.3 Å². The number of carbonyl (C=O) groups is 1. The lowest BCUT2D eigenvalue weighted by molar-refractivity contribution is 0.124. The van der Waals surface area contributed by atoms with E-state index in [0.717, 1.165) is 26.1 Å². The fourth-order valence-electron chi connectivity index (χ4n) is 2.21. The number of amides is 2. The van der Waals surface area contributed by atoms with Crippen LogP contribution >= 0.6 is 0 Å². The minimum Gasteiger partial charge on any atom is -0.379 e. The van der Waals surface area contributed by atoms with Crippen molar-refractivity contribution in [3.05, 3.63) is 0 Å². The maximum atomic E-state index is 11.6. The molecule has 0 radical (unpaired) electrons. The summed E-state index contributed by atoms with van der Waals surface area (Å²) >= 11 is 0. The van der Waals surface area contributed by atoms with Crippen LogP contribution in [-0.2, 0) is 4.74 Å². The molecule has 1 atom stereocenters. The quantitative estimate of drug-likeness (QED) is 0.678. The number of rotatable bonds is 1. The number of ether oxygens (including phenoxy) is 1. The molecule has 0 aliphatic carbocycles. The zero-order chi connectivity index (χ0) is 10.2. The smallest absolute Gasteiger partial charge is 0.317 e. The molecule has 2 aliphatic heterocycles. The highest BCUT2D eigenvalue weighted by Crippen LogP contribution is 2.32. The standard InChI is InChI=1S/C10H18N2O2/c1-10(2)7-14-6-8(10)12-5-3-4-11-9(12)13/h8H,3-7H2,1-2H3,(H,11,13). The first-order chi connectivity index (χ1) is 6.61. The van der Waals surface area contributed by atoms with Crippen LogP contribution in [0.4, 0.5) is 4.79 Å². The fourth-order valence-corrected chi connectivity index (χ4v) is 2.21. The largest absolute Gasteiger partial charge is 0.379 e. The zero-order valence-corrected chi connectivity index (χ0v) is 8.88. The van der Waals surface area contributed by atoms with Gasteiger partial charge in [0, 0.05) is 18.5 Å². The van der Waals surface area contributed by atoms with E-state index < -0.39 is 0 Å². The van der Waals surface area contributed by atoms with Gasteiger partial charge in [0.1, 0.15) is 0 Å². The Hall–Kier alpha value is -0.770. The predicted octanol–water partition coefficient (Wildman–Crippen LogP) is 0.827. The number of hydrogen-bond donors (Lipinski definition) is 1. The van der Waals surface area contributed by atoms with Gasteiger partial charge in [0.25, 0.3) is 0 Å². The van der Waals surface area contributed by atoms with E-state index in [2.05, 4.69) is 19.2 Å². The highest BCUT2D eigenvalue weighted by Gasteiger charge is 2.42. The van der Waals surface area contributed by atoms with Crippen LogP contribution in [0.3, 0.4) is 0 Å². The molecule has 2 fully saturated rings. The van der Waals surface area contributed by atoms with Crippen LogP contribution in [-0.4, -0.2) is 43.3 Å². The van der Waals surface area contributed by atoms with E-state index in [1.165, 1.54) is 0 Å². The highest BCUT2D eigenvalue weighted by atomic mass is 16.5. The van der Waals surface area contributed by atoms with Crippen molar-refractivity contribution in [3.63, 3.8) is 0 Å². The monoisotopic (exact) mass is 198 g/mol. The first-order valence-electron chi connectivity index (χ1n) is 5.23. The molecule has 1 N–H and O–H groups in total. The molecule has 4 nitrogen and oxygen atoms in total. The average Bonchev–Trinajstić information content (AvgIpc) is 2.46. The second-order valence-electron chi connectivity index (χ2n) is 4.80. The van der Waals surface area contributed by atoms with Crippen molar-refractivity contribution in [1.82, 2.24) is 10.2 Å². The Labute approximate surface area is 84.6 Å². The summed E-state index contributed by atoms with van der Waals surface area (Å²) in [5.41, 5.74) is 0.0919. The van der Waals surface area contributed by atoms with Crippen molar-refractivity contribution >= 4 is 6.03 Å². The minimum atomic E-state index is 0.0693. The van der Waals surface area contributed by atoms with E-state index in [1.54, 1.807) is 0 Å². The molecule has 80 valence electrons. The van der Waals surface area contributed by atoms with Crippen molar-refractivity contribution in [2.24, 2.45) is 5.41 Å². The Bertz CT molecular complexity index is 240. The van der Waals surface area contributed by atoms with Gasteiger partial charge in [-0.2, -0.15) is 0 Å². The van der Waals surface area contributed by atoms with Gasteiger partial charge in [-0.1, -0.05) is 13.8 Å². The molecule has 2 rings (SSSR count). The Morgan fingerprint density at radius 3 is 2.93 bits per heavy atom. The van der Waals surface area contributed by atoms with Crippen LogP contribution in [0.5, 0.6) is 0 Å². The molecule has 14 heavy (non-hydrogen) atoms. The summed E-state index contributed by atoms with van der Waals surface area (Å²) in [6, 6.07) is 0.308. The topological polar surface area (TPSA) is 41.6 Å². The summed E-state index contributed by atoms with van der Waals surface area (Å²) < 4.78 is 5.45. The van der Waals surface area contributed by atoms with Gasteiger partial charge in [-0.15, -0.1) is 0 Å². The number of carbonyl (C=O) groups excluding carboxylic acids is 1.